The first-order valence-corrected chi connectivity index (χ1v) is 5.56. The van der Waals surface area contributed by atoms with Gasteiger partial charge in [0.15, 0.2) is 0 Å². The Balaban J connectivity index is 2.71. The van der Waals surface area contributed by atoms with Crippen LogP contribution >= 0.6 is 0 Å². The van der Waals surface area contributed by atoms with Gasteiger partial charge in [-0.1, -0.05) is 6.92 Å². The number of rotatable bonds is 4. The summed E-state index contributed by atoms with van der Waals surface area (Å²) in [7, 11) is 1.67. The Bertz CT molecular complexity index is 245. The van der Waals surface area contributed by atoms with E-state index in [0.29, 0.717) is 6.54 Å². The minimum Gasteiger partial charge on any atom is -0.380 e. The summed E-state index contributed by atoms with van der Waals surface area (Å²) in [6.07, 6.45) is 0.992. The Morgan fingerprint density at radius 3 is 2.67 bits per heavy atom. The van der Waals surface area contributed by atoms with Crippen LogP contribution in [0, 0.1) is 0 Å². The summed E-state index contributed by atoms with van der Waals surface area (Å²) in [6.45, 7) is 8.63. The van der Waals surface area contributed by atoms with Crippen LogP contribution in [0.3, 0.4) is 0 Å². The Morgan fingerprint density at radius 2 is 2.27 bits per heavy atom. The average Bonchev–Trinajstić information content (AvgIpc) is 2.42. The van der Waals surface area contributed by atoms with Crippen LogP contribution in [0.4, 0.5) is 0 Å². The minimum atomic E-state index is -0.396. The van der Waals surface area contributed by atoms with Gasteiger partial charge in [0.25, 0.3) is 0 Å². The lowest BCUT2D eigenvalue weighted by atomic mass is 9.99. The maximum atomic E-state index is 12.1. The van der Waals surface area contributed by atoms with Crippen LogP contribution in [0.1, 0.15) is 34.1 Å². The van der Waals surface area contributed by atoms with Gasteiger partial charge >= 0.3 is 0 Å². The van der Waals surface area contributed by atoms with Gasteiger partial charge in [-0.25, -0.2) is 0 Å². The van der Waals surface area contributed by atoms with Crippen molar-refractivity contribution in [2.24, 2.45) is 0 Å². The van der Waals surface area contributed by atoms with Crippen molar-refractivity contribution in [3.05, 3.63) is 0 Å². The number of methoxy groups -OCH3 is 1. The maximum Gasteiger partial charge on any atom is 0.243 e. The fraction of sp³-hybridized carbons (Fsp3) is 0.909. The van der Waals surface area contributed by atoms with Crippen molar-refractivity contribution >= 4 is 5.91 Å². The second-order valence-corrected chi connectivity index (χ2v) is 4.51. The van der Waals surface area contributed by atoms with Crippen molar-refractivity contribution in [1.82, 2.24) is 10.2 Å². The normalized spacial score (nSPS) is 33.5. The Kier molecular flexibility index (Phi) is 3.73. The van der Waals surface area contributed by atoms with Crippen LogP contribution < -0.4 is 5.32 Å². The quantitative estimate of drug-likeness (QED) is 0.758. The van der Waals surface area contributed by atoms with Gasteiger partial charge in [-0.05, 0) is 27.2 Å². The van der Waals surface area contributed by atoms with E-state index in [1.54, 1.807) is 7.11 Å². The molecule has 0 saturated carbocycles. The number of carbonyl (C=O) groups is 1. The van der Waals surface area contributed by atoms with Crippen LogP contribution in [0.25, 0.3) is 0 Å². The highest BCUT2D eigenvalue weighted by Gasteiger charge is 2.44. The molecule has 0 aromatic carbocycles. The molecule has 1 rings (SSSR count). The molecule has 0 bridgehead atoms. The van der Waals surface area contributed by atoms with Crippen LogP contribution in [-0.4, -0.2) is 42.3 Å². The van der Waals surface area contributed by atoms with Crippen molar-refractivity contribution in [3.63, 3.8) is 0 Å². The SMILES string of the molecule is CCC1(C)NC(C)N(CC(C)OC)C1=O. The molecule has 0 aromatic heterocycles. The molecule has 0 spiro atoms. The van der Waals surface area contributed by atoms with E-state index in [0.717, 1.165) is 6.42 Å². The van der Waals surface area contributed by atoms with E-state index in [2.05, 4.69) is 5.32 Å². The van der Waals surface area contributed by atoms with Crippen LogP contribution in [0.5, 0.6) is 0 Å². The van der Waals surface area contributed by atoms with Crippen molar-refractivity contribution in [2.75, 3.05) is 13.7 Å². The first kappa shape index (κ1) is 12.5. The first-order chi connectivity index (χ1) is 6.94. The highest BCUT2D eigenvalue weighted by molar-refractivity contribution is 5.88. The zero-order valence-electron chi connectivity index (χ0n) is 10.3. The van der Waals surface area contributed by atoms with E-state index in [1.807, 2.05) is 32.6 Å². The van der Waals surface area contributed by atoms with Gasteiger partial charge in [0.05, 0.1) is 17.8 Å². The number of hydrogen-bond acceptors (Lipinski definition) is 3. The molecule has 4 heteroatoms. The lowest BCUT2D eigenvalue weighted by Crippen LogP contribution is -2.43. The zero-order valence-corrected chi connectivity index (χ0v) is 10.3. The Morgan fingerprint density at radius 1 is 1.67 bits per heavy atom. The molecule has 4 nitrogen and oxygen atoms in total. The Labute approximate surface area is 92.0 Å². The molecule has 0 radical (unpaired) electrons. The lowest BCUT2D eigenvalue weighted by Gasteiger charge is -2.24. The van der Waals surface area contributed by atoms with Crippen LogP contribution in [0.2, 0.25) is 0 Å². The van der Waals surface area contributed by atoms with Gasteiger partial charge in [0.2, 0.25) is 5.91 Å². The number of hydrogen-bond donors (Lipinski definition) is 1. The molecule has 1 fully saturated rings. The minimum absolute atomic E-state index is 0.0809. The summed E-state index contributed by atoms with van der Waals surface area (Å²) < 4.78 is 5.19. The molecule has 1 aliphatic heterocycles. The summed E-state index contributed by atoms with van der Waals surface area (Å²) in [4.78, 5) is 14.0. The summed E-state index contributed by atoms with van der Waals surface area (Å²) >= 11 is 0. The van der Waals surface area contributed by atoms with Crippen molar-refractivity contribution in [2.45, 2.75) is 51.9 Å². The number of nitrogens with zero attached hydrogens (tertiary/aromatic N) is 1. The molecule has 1 saturated heterocycles. The highest BCUT2D eigenvalue weighted by Crippen LogP contribution is 2.23. The molecule has 0 aliphatic carbocycles. The van der Waals surface area contributed by atoms with E-state index in [4.69, 9.17) is 4.74 Å². The third-order valence-corrected chi connectivity index (χ3v) is 3.29. The molecular formula is C11H22N2O2. The summed E-state index contributed by atoms with van der Waals surface area (Å²) in [5.74, 6) is 0.182. The van der Waals surface area contributed by atoms with Crippen LogP contribution in [0.15, 0.2) is 0 Å². The molecule has 1 aliphatic rings. The monoisotopic (exact) mass is 214 g/mol. The molecule has 1 heterocycles. The second kappa shape index (κ2) is 4.49. The Hall–Kier alpha value is -0.610. The zero-order chi connectivity index (χ0) is 11.6. The van der Waals surface area contributed by atoms with Gasteiger partial charge in [0, 0.05) is 13.7 Å². The molecule has 15 heavy (non-hydrogen) atoms. The number of carbonyl (C=O) groups excluding carboxylic acids is 1. The predicted molar refractivity (Wildman–Crippen MR) is 59.5 cm³/mol. The van der Waals surface area contributed by atoms with E-state index < -0.39 is 5.54 Å². The van der Waals surface area contributed by atoms with Crippen molar-refractivity contribution in [3.8, 4) is 0 Å². The standard InChI is InChI=1S/C11H22N2O2/c1-6-11(4)10(14)13(9(3)12-11)7-8(2)15-5/h8-9,12H,6-7H2,1-5H3. The smallest absolute Gasteiger partial charge is 0.243 e. The second-order valence-electron chi connectivity index (χ2n) is 4.51. The fourth-order valence-electron chi connectivity index (χ4n) is 1.94. The number of amides is 1. The van der Waals surface area contributed by atoms with Crippen molar-refractivity contribution < 1.29 is 9.53 Å². The van der Waals surface area contributed by atoms with E-state index >= 15 is 0 Å². The van der Waals surface area contributed by atoms with Gasteiger partial charge in [0.1, 0.15) is 0 Å². The van der Waals surface area contributed by atoms with Gasteiger partial charge in [-0.3, -0.25) is 10.1 Å². The molecule has 1 amide bonds. The highest BCUT2D eigenvalue weighted by atomic mass is 16.5. The van der Waals surface area contributed by atoms with E-state index in [1.165, 1.54) is 0 Å². The predicted octanol–water partition coefficient (Wildman–Crippen LogP) is 0.968. The molecule has 3 unspecified atom stereocenters. The summed E-state index contributed by atoms with van der Waals surface area (Å²) in [5, 5.41) is 3.33. The molecule has 0 aromatic rings. The molecule has 88 valence electrons. The molecule has 1 N–H and O–H groups in total. The topological polar surface area (TPSA) is 41.6 Å². The maximum absolute atomic E-state index is 12.1. The van der Waals surface area contributed by atoms with Crippen LogP contribution in [-0.2, 0) is 9.53 Å². The van der Waals surface area contributed by atoms with E-state index in [-0.39, 0.29) is 18.2 Å². The molecular weight excluding hydrogens is 192 g/mol. The van der Waals surface area contributed by atoms with Gasteiger partial charge in [-0.15, -0.1) is 0 Å². The lowest BCUT2D eigenvalue weighted by molar-refractivity contribution is -0.134. The average molecular weight is 214 g/mol. The largest absolute Gasteiger partial charge is 0.380 e. The third kappa shape index (κ3) is 2.32. The first-order valence-electron chi connectivity index (χ1n) is 5.56. The van der Waals surface area contributed by atoms with Gasteiger partial charge in [-0.2, -0.15) is 0 Å². The third-order valence-electron chi connectivity index (χ3n) is 3.29. The van der Waals surface area contributed by atoms with E-state index in [9.17, 15) is 4.79 Å². The molecule has 3 atom stereocenters. The summed E-state index contributed by atoms with van der Waals surface area (Å²) in [5.41, 5.74) is -0.396. The summed E-state index contributed by atoms with van der Waals surface area (Å²) in [6, 6.07) is 0. The van der Waals surface area contributed by atoms with Gasteiger partial charge < -0.3 is 9.64 Å². The number of nitrogens with one attached hydrogen (secondary N) is 1. The fourth-order valence-corrected chi connectivity index (χ4v) is 1.94. The number of ether oxygens (including phenoxy) is 1. The van der Waals surface area contributed by atoms with Crippen molar-refractivity contribution in [1.29, 1.82) is 0 Å².